The van der Waals surface area contributed by atoms with Gasteiger partial charge in [0.25, 0.3) is 0 Å². The summed E-state index contributed by atoms with van der Waals surface area (Å²) in [6.45, 7) is 2.35. The van der Waals surface area contributed by atoms with Gasteiger partial charge in [-0.3, -0.25) is 0 Å². The normalized spacial score (nSPS) is 31.9. The average Bonchev–Trinajstić information content (AvgIpc) is 2.64. The smallest absolute Gasteiger partial charge is 0.333 e. The van der Waals surface area contributed by atoms with Crippen LogP contribution in [0.2, 0.25) is 0 Å². The molecular weight excluding hydrogens is 152 g/mol. The average molecular weight is 166 g/mol. The van der Waals surface area contributed by atoms with Crippen molar-refractivity contribution >= 4 is 5.97 Å². The van der Waals surface area contributed by atoms with E-state index in [9.17, 15) is 4.79 Å². The number of carbonyl (C=O) groups excluding carboxylic acids is 1. The van der Waals surface area contributed by atoms with Crippen molar-refractivity contribution in [2.24, 2.45) is 11.8 Å². The molecule has 0 saturated heterocycles. The van der Waals surface area contributed by atoms with Gasteiger partial charge < -0.3 is 4.74 Å². The zero-order valence-corrected chi connectivity index (χ0v) is 7.38. The maximum absolute atomic E-state index is 11.3. The lowest BCUT2D eigenvalue weighted by Crippen LogP contribution is -2.12. The summed E-state index contributed by atoms with van der Waals surface area (Å²) in [5.74, 6) is 1.12. The maximum atomic E-state index is 11.3. The first kappa shape index (κ1) is 7.84. The van der Waals surface area contributed by atoms with E-state index >= 15 is 0 Å². The molecule has 1 saturated carbocycles. The van der Waals surface area contributed by atoms with E-state index in [1.54, 1.807) is 0 Å². The predicted octanol–water partition coefficient (Wildman–Crippen LogP) is 1.91. The molecule has 0 aromatic carbocycles. The molecule has 2 aliphatic rings. The Kier molecular flexibility index (Phi) is 1.91. The Balaban J connectivity index is 2.05. The molecule has 0 spiro atoms. The number of hydrogen-bond donors (Lipinski definition) is 0. The van der Waals surface area contributed by atoms with Crippen molar-refractivity contribution in [2.45, 2.75) is 26.2 Å². The first-order chi connectivity index (χ1) is 5.81. The Labute approximate surface area is 72.6 Å². The Morgan fingerprint density at radius 3 is 3.00 bits per heavy atom. The zero-order chi connectivity index (χ0) is 8.55. The molecule has 2 nitrogen and oxygen atoms in total. The third kappa shape index (κ3) is 1.15. The lowest BCUT2D eigenvalue weighted by Gasteiger charge is -2.11. The number of esters is 1. The largest absolute Gasteiger partial charge is 0.463 e. The lowest BCUT2D eigenvalue weighted by molar-refractivity contribution is -0.139. The fraction of sp³-hybridized carbons (Fsp3) is 0.700. The standard InChI is InChI=1S/C10H14O2/c1-2-12-10(11)9-6-7-3-4-8(9)5-7/h6-8H,2-5H2,1H3/t7-,8+/m1/s1. The molecule has 2 heteroatoms. The van der Waals surface area contributed by atoms with Crippen LogP contribution < -0.4 is 0 Å². The maximum Gasteiger partial charge on any atom is 0.333 e. The summed E-state index contributed by atoms with van der Waals surface area (Å²) in [6.07, 6.45) is 5.77. The Hall–Kier alpha value is -0.790. The van der Waals surface area contributed by atoms with Gasteiger partial charge in [-0.15, -0.1) is 0 Å². The van der Waals surface area contributed by atoms with E-state index in [1.807, 2.05) is 6.92 Å². The first-order valence-electron chi connectivity index (χ1n) is 4.70. The Morgan fingerprint density at radius 1 is 1.67 bits per heavy atom. The third-order valence-electron chi connectivity index (χ3n) is 2.84. The fourth-order valence-corrected chi connectivity index (χ4v) is 2.29. The molecule has 2 atom stereocenters. The van der Waals surface area contributed by atoms with Crippen LogP contribution in [-0.2, 0) is 9.53 Å². The van der Waals surface area contributed by atoms with Gasteiger partial charge in [0.1, 0.15) is 0 Å². The van der Waals surface area contributed by atoms with Crippen molar-refractivity contribution in [3.8, 4) is 0 Å². The van der Waals surface area contributed by atoms with Gasteiger partial charge in [-0.25, -0.2) is 4.79 Å². The van der Waals surface area contributed by atoms with Gasteiger partial charge in [0.15, 0.2) is 0 Å². The predicted molar refractivity (Wildman–Crippen MR) is 45.5 cm³/mol. The van der Waals surface area contributed by atoms with Gasteiger partial charge in [0, 0.05) is 5.57 Å². The van der Waals surface area contributed by atoms with Crippen molar-refractivity contribution in [3.63, 3.8) is 0 Å². The molecule has 0 radical (unpaired) electrons. The van der Waals surface area contributed by atoms with Crippen molar-refractivity contribution in [1.82, 2.24) is 0 Å². The molecule has 0 amide bonds. The van der Waals surface area contributed by atoms with Crippen LogP contribution in [0.25, 0.3) is 0 Å². The fourth-order valence-electron chi connectivity index (χ4n) is 2.29. The van der Waals surface area contributed by atoms with Crippen LogP contribution in [0.3, 0.4) is 0 Å². The molecule has 0 unspecified atom stereocenters. The number of carbonyl (C=O) groups is 1. The van der Waals surface area contributed by atoms with E-state index in [0.717, 1.165) is 5.57 Å². The first-order valence-corrected chi connectivity index (χ1v) is 4.70. The minimum absolute atomic E-state index is 0.0790. The number of allylic oxidation sites excluding steroid dienone is 1. The quantitative estimate of drug-likeness (QED) is 0.586. The van der Waals surface area contributed by atoms with E-state index in [2.05, 4.69) is 6.08 Å². The van der Waals surface area contributed by atoms with Crippen molar-refractivity contribution in [2.75, 3.05) is 6.61 Å². The molecule has 0 N–H and O–H groups in total. The summed E-state index contributed by atoms with van der Waals surface area (Å²) < 4.78 is 4.97. The third-order valence-corrected chi connectivity index (χ3v) is 2.84. The molecule has 1 fully saturated rings. The topological polar surface area (TPSA) is 26.3 Å². The monoisotopic (exact) mass is 166 g/mol. The SMILES string of the molecule is CCOC(=O)C1=C[C@@H]2CC[C@H]1C2. The van der Waals surface area contributed by atoms with E-state index in [-0.39, 0.29) is 5.97 Å². The van der Waals surface area contributed by atoms with Gasteiger partial charge in [0.2, 0.25) is 0 Å². The van der Waals surface area contributed by atoms with Crippen LogP contribution >= 0.6 is 0 Å². The summed E-state index contributed by atoms with van der Waals surface area (Å²) in [4.78, 5) is 11.3. The summed E-state index contributed by atoms with van der Waals surface area (Å²) in [6, 6.07) is 0. The molecule has 0 heterocycles. The lowest BCUT2D eigenvalue weighted by atomic mass is 9.99. The van der Waals surface area contributed by atoms with Gasteiger partial charge in [-0.2, -0.15) is 0 Å². The zero-order valence-electron chi connectivity index (χ0n) is 7.38. The van der Waals surface area contributed by atoms with E-state index in [1.165, 1.54) is 19.3 Å². The molecule has 66 valence electrons. The Bertz CT molecular complexity index is 230. The molecular formula is C10H14O2. The summed E-state index contributed by atoms with van der Waals surface area (Å²) in [5, 5.41) is 0. The van der Waals surface area contributed by atoms with Gasteiger partial charge >= 0.3 is 5.97 Å². The van der Waals surface area contributed by atoms with E-state index in [0.29, 0.717) is 18.4 Å². The highest BCUT2D eigenvalue weighted by atomic mass is 16.5. The number of ether oxygens (including phenoxy) is 1. The summed E-state index contributed by atoms with van der Waals surface area (Å²) in [7, 11) is 0. The van der Waals surface area contributed by atoms with Crippen LogP contribution in [-0.4, -0.2) is 12.6 Å². The second kappa shape index (κ2) is 2.92. The minimum Gasteiger partial charge on any atom is -0.463 e. The van der Waals surface area contributed by atoms with E-state index < -0.39 is 0 Å². The van der Waals surface area contributed by atoms with Gasteiger partial charge in [-0.1, -0.05) is 6.08 Å². The molecule has 0 aromatic rings. The minimum atomic E-state index is -0.0790. The van der Waals surface area contributed by atoms with Crippen molar-refractivity contribution in [1.29, 1.82) is 0 Å². The number of rotatable bonds is 2. The molecule has 0 aromatic heterocycles. The summed E-state index contributed by atoms with van der Waals surface area (Å²) in [5.41, 5.74) is 0.952. The van der Waals surface area contributed by atoms with Crippen LogP contribution in [0.5, 0.6) is 0 Å². The number of fused-ring (bicyclic) bond motifs is 2. The second-order valence-electron chi connectivity index (χ2n) is 3.61. The molecule has 12 heavy (non-hydrogen) atoms. The second-order valence-corrected chi connectivity index (χ2v) is 3.61. The molecule has 2 bridgehead atoms. The number of hydrogen-bond acceptors (Lipinski definition) is 2. The molecule has 0 aliphatic heterocycles. The summed E-state index contributed by atoms with van der Waals surface area (Å²) >= 11 is 0. The molecule has 2 rings (SSSR count). The van der Waals surface area contributed by atoms with Crippen LogP contribution in [0.15, 0.2) is 11.6 Å². The highest BCUT2D eigenvalue weighted by Crippen LogP contribution is 2.43. The Morgan fingerprint density at radius 2 is 2.50 bits per heavy atom. The van der Waals surface area contributed by atoms with Crippen LogP contribution in [0.1, 0.15) is 26.2 Å². The highest BCUT2D eigenvalue weighted by molar-refractivity contribution is 5.89. The van der Waals surface area contributed by atoms with Crippen molar-refractivity contribution in [3.05, 3.63) is 11.6 Å². The van der Waals surface area contributed by atoms with Gasteiger partial charge in [0.05, 0.1) is 6.61 Å². The van der Waals surface area contributed by atoms with Crippen LogP contribution in [0.4, 0.5) is 0 Å². The highest BCUT2D eigenvalue weighted by Gasteiger charge is 2.36. The van der Waals surface area contributed by atoms with Crippen LogP contribution in [0, 0.1) is 11.8 Å². The van der Waals surface area contributed by atoms with E-state index in [4.69, 9.17) is 4.74 Å². The van der Waals surface area contributed by atoms with Crippen molar-refractivity contribution < 1.29 is 9.53 Å². The van der Waals surface area contributed by atoms with Gasteiger partial charge in [-0.05, 0) is 38.0 Å². The molecule has 2 aliphatic carbocycles.